The minimum atomic E-state index is -0.479. The lowest BCUT2D eigenvalue weighted by molar-refractivity contribution is -0.389. The zero-order valence-electron chi connectivity index (χ0n) is 8.96. The van der Waals surface area contributed by atoms with Gasteiger partial charge >= 0.3 is 5.82 Å². The van der Waals surface area contributed by atoms with Gasteiger partial charge in [-0.2, -0.15) is 0 Å². The van der Waals surface area contributed by atoms with Gasteiger partial charge in [-0.25, -0.2) is 0 Å². The van der Waals surface area contributed by atoms with Crippen LogP contribution in [0, 0.1) is 16.0 Å². The molecule has 0 spiro atoms. The number of ether oxygens (including phenoxy) is 1. The lowest BCUT2D eigenvalue weighted by Crippen LogP contribution is -2.19. The van der Waals surface area contributed by atoms with Crippen molar-refractivity contribution < 1.29 is 9.66 Å². The molecule has 16 heavy (non-hydrogen) atoms. The topological polar surface area (TPSA) is 65.3 Å². The standard InChI is InChI=1S/C11H14N2O3/c14-13(15)11-4-3-9(7-12-11)6-10-2-1-5-16-8-10/h3-4,7,10H,1-2,5-6,8H2. The van der Waals surface area contributed by atoms with Gasteiger partial charge in [-0.1, -0.05) is 0 Å². The number of nitrogens with zero attached hydrogens (tertiary/aromatic N) is 2. The molecule has 0 bridgehead atoms. The van der Waals surface area contributed by atoms with Crippen LogP contribution in [-0.4, -0.2) is 23.1 Å². The van der Waals surface area contributed by atoms with E-state index in [1.165, 1.54) is 6.07 Å². The van der Waals surface area contributed by atoms with E-state index in [1.807, 2.05) is 0 Å². The summed E-state index contributed by atoms with van der Waals surface area (Å²) in [5.74, 6) is 0.431. The predicted molar refractivity (Wildman–Crippen MR) is 58.1 cm³/mol. The van der Waals surface area contributed by atoms with E-state index in [-0.39, 0.29) is 5.82 Å². The van der Waals surface area contributed by atoms with Crippen LogP contribution in [0.2, 0.25) is 0 Å². The van der Waals surface area contributed by atoms with Crippen LogP contribution < -0.4 is 0 Å². The van der Waals surface area contributed by atoms with Gasteiger partial charge in [-0.3, -0.25) is 0 Å². The molecule has 5 nitrogen and oxygen atoms in total. The Bertz CT molecular complexity index is 358. The SMILES string of the molecule is O=[N+]([O-])c1ccc(CC2CCCOC2)cn1. The molecule has 0 aliphatic carbocycles. The second kappa shape index (κ2) is 5.03. The second-order valence-corrected chi connectivity index (χ2v) is 4.07. The van der Waals surface area contributed by atoms with Gasteiger partial charge < -0.3 is 14.9 Å². The van der Waals surface area contributed by atoms with Crippen molar-refractivity contribution >= 4 is 5.82 Å². The molecule has 5 heteroatoms. The first kappa shape index (κ1) is 11.0. The van der Waals surface area contributed by atoms with Crippen molar-refractivity contribution in [3.05, 3.63) is 34.0 Å². The summed E-state index contributed by atoms with van der Waals surface area (Å²) in [6.07, 6.45) is 4.75. The average Bonchev–Trinajstić information content (AvgIpc) is 2.31. The first-order valence-corrected chi connectivity index (χ1v) is 5.43. The highest BCUT2D eigenvalue weighted by atomic mass is 16.6. The lowest BCUT2D eigenvalue weighted by atomic mass is 9.95. The maximum Gasteiger partial charge on any atom is 0.363 e. The minimum Gasteiger partial charge on any atom is -0.381 e. The number of nitro groups is 1. The lowest BCUT2D eigenvalue weighted by Gasteiger charge is -2.21. The second-order valence-electron chi connectivity index (χ2n) is 4.07. The van der Waals surface area contributed by atoms with E-state index in [1.54, 1.807) is 12.3 Å². The molecule has 0 amide bonds. The largest absolute Gasteiger partial charge is 0.381 e. The van der Waals surface area contributed by atoms with Crippen LogP contribution in [0.5, 0.6) is 0 Å². The smallest absolute Gasteiger partial charge is 0.363 e. The first-order valence-electron chi connectivity index (χ1n) is 5.43. The van der Waals surface area contributed by atoms with Gasteiger partial charge in [0, 0.05) is 19.3 Å². The van der Waals surface area contributed by atoms with E-state index in [0.717, 1.165) is 38.0 Å². The molecule has 1 aliphatic heterocycles. The normalized spacial score (nSPS) is 20.6. The summed E-state index contributed by atoms with van der Waals surface area (Å²) in [7, 11) is 0. The zero-order valence-corrected chi connectivity index (χ0v) is 8.96. The van der Waals surface area contributed by atoms with Gasteiger partial charge in [0.2, 0.25) is 0 Å². The fourth-order valence-corrected chi connectivity index (χ4v) is 1.95. The van der Waals surface area contributed by atoms with Crippen LogP contribution in [0.15, 0.2) is 18.3 Å². The molecule has 1 atom stereocenters. The van der Waals surface area contributed by atoms with Crippen LogP contribution in [0.3, 0.4) is 0 Å². The van der Waals surface area contributed by atoms with Crippen molar-refractivity contribution in [2.24, 2.45) is 5.92 Å². The fraction of sp³-hybridized carbons (Fsp3) is 0.545. The number of pyridine rings is 1. The van der Waals surface area contributed by atoms with Crippen molar-refractivity contribution in [3.63, 3.8) is 0 Å². The molecule has 1 aromatic rings. The third-order valence-corrected chi connectivity index (χ3v) is 2.78. The van der Waals surface area contributed by atoms with E-state index in [0.29, 0.717) is 5.92 Å². The molecule has 1 unspecified atom stereocenters. The Morgan fingerprint density at radius 1 is 1.56 bits per heavy atom. The van der Waals surface area contributed by atoms with Gasteiger partial charge in [-0.15, -0.1) is 0 Å². The monoisotopic (exact) mass is 222 g/mol. The first-order chi connectivity index (χ1) is 7.75. The minimum absolute atomic E-state index is 0.0938. The van der Waals surface area contributed by atoms with Crippen molar-refractivity contribution in [2.45, 2.75) is 19.3 Å². The van der Waals surface area contributed by atoms with Crippen molar-refractivity contribution in [2.75, 3.05) is 13.2 Å². The highest BCUT2D eigenvalue weighted by Gasteiger charge is 2.15. The van der Waals surface area contributed by atoms with Crippen LogP contribution in [-0.2, 0) is 11.2 Å². The van der Waals surface area contributed by atoms with E-state index < -0.39 is 4.92 Å². The molecule has 0 aromatic carbocycles. The molecule has 0 saturated carbocycles. The molecule has 1 fully saturated rings. The Morgan fingerprint density at radius 2 is 2.44 bits per heavy atom. The molecular weight excluding hydrogens is 208 g/mol. The van der Waals surface area contributed by atoms with E-state index in [9.17, 15) is 10.1 Å². The Morgan fingerprint density at radius 3 is 3.00 bits per heavy atom. The van der Waals surface area contributed by atoms with E-state index >= 15 is 0 Å². The predicted octanol–water partition coefficient (Wildman–Crippen LogP) is 1.96. The average molecular weight is 222 g/mol. The summed E-state index contributed by atoms with van der Waals surface area (Å²) in [6.45, 7) is 1.64. The van der Waals surface area contributed by atoms with Gasteiger partial charge in [0.1, 0.15) is 6.20 Å². The van der Waals surface area contributed by atoms with Crippen molar-refractivity contribution in [1.29, 1.82) is 0 Å². The van der Waals surface area contributed by atoms with Crippen LogP contribution in [0.1, 0.15) is 18.4 Å². The summed E-state index contributed by atoms with van der Waals surface area (Å²) < 4.78 is 5.39. The highest BCUT2D eigenvalue weighted by molar-refractivity contribution is 5.23. The van der Waals surface area contributed by atoms with Crippen molar-refractivity contribution in [3.8, 4) is 0 Å². The number of hydrogen-bond acceptors (Lipinski definition) is 4. The Balaban J connectivity index is 1.96. The number of rotatable bonds is 3. The summed E-state index contributed by atoms with van der Waals surface area (Å²) in [6, 6.07) is 3.23. The third-order valence-electron chi connectivity index (χ3n) is 2.78. The fourth-order valence-electron chi connectivity index (χ4n) is 1.95. The zero-order chi connectivity index (χ0) is 11.4. The maximum absolute atomic E-state index is 10.4. The van der Waals surface area contributed by atoms with Crippen LogP contribution in [0.25, 0.3) is 0 Å². The molecule has 86 valence electrons. The van der Waals surface area contributed by atoms with E-state index in [4.69, 9.17) is 4.74 Å². The Kier molecular flexibility index (Phi) is 3.46. The van der Waals surface area contributed by atoms with Gasteiger partial charge in [0.15, 0.2) is 0 Å². The molecule has 2 rings (SSSR count). The van der Waals surface area contributed by atoms with Crippen LogP contribution >= 0.6 is 0 Å². The summed E-state index contributed by atoms with van der Waals surface area (Å²) in [4.78, 5) is 13.8. The van der Waals surface area contributed by atoms with Gasteiger partial charge in [-0.05, 0) is 46.7 Å². The summed E-state index contributed by atoms with van der Waals surface area (Å²) >= 11 is 0. The molecule has 0 radical (unpaired) electrons. The molecule has 2 heterocycles. The van der Waals surface area contributed by atoms with Crippen molar-refractivity contribution in [1.82, 2.24) is 4.98 Å². The maximum atomic E-state index is 10.4. The number of aromatic nitrogens is 1. The Labute approximate surface area is 93.6 Å². The van der Waals surface area contributed by atoms with Crippen LogP contribution in [0.4, 0.5) is 5.82 Å². The Hall–Kier alpha value is -1.49. The molecule has 0 N–H and O–H groups in total. The molecular formula is C11H14N2O3. The number of hydrogen-bond donors (Lipinski definition) is 0. The quantitative estimate of drug-likeness (QED) is 0.579. The summed E-state index contributed by atoms with van der Waals surface area (Å²) in [5, 5.41) is 10.4. The highest BCUT2D eigenvalue weighted by Crippen LogP contribution is 2.19. The molecule has 1 saturated heterocycles. The van der Waals surface area contributed by atoms with Gasteiger partial charge in [0.25, 0.3) is 0 Å². The molecule has 1 aliphatic rings. The molecule has 1 aromatic heterocycles. The van der Waals surface area contributed by atoms with E-state index in [2.05, 4.69) is 4.98 Å². The van der Waals surface area contributed by atoms with Gasteiger partial charge in [0.05, 0.1) is 0 Å². The summed E-state index contributed by atoms with van der Waals surface area (Å²) in [5.41, 5.74) is 1.04. The third kappa shape index (κ3) is 2.76.